The molecule has 1 saturated heterocycles. The number of carboxylic acids is 1. The first-order valence-electron chi connectivity index (χ1n) is 6.47. The standard InChI is InChI=1S/C14H16FNO4/c1-2-14(13(19)20)7-4-8-16(14)12(18)11-9(15)5-3-6-10(11)17/h3,5-6,17H,2,4,7-8H2,1H3,(H,19,20). The summed E-state index contributed by atoms with van der Waals surface area (Å²) in [4.78, 5) is 25.1. The molecule has 0 spiro atoms. The van der Waals surface area contributed by atoms with Crippen LogP contribution >= 0.6 is 0 Å². The van der Waals surface area contributed by atoms with E-state index in [0.29, 0.717) is 12.8 Å². The zero-order valence-corrected chi connectivity index (χ0v) is 11.1. The van der Waals surface area contributed by atoms with E-state index in [9.17, 15) is 24.2 Å². The van der Waals surface area contributed by atoms with Crippen molar-refractivity contribution >= 4 is 11.9 Å². The number of hydrogen-bond donors (Lipinski definition) is 2. The number of phenols is 1. The summed E-state index contributed by atoms with van der Waals surface area (Å²) < 4.78 is 13.8. The summed E-state index contributed by atoms with van der Waals surface area (Å²) >= 11 is 0. The molecule has 1 aliphatic rings. The van der Waals surface area contributed by atoms with Crippen molar-refractivity contribution in [1.29, 1.82) is 0 Å². The summed E-state index contributed by atoms with van der Waals surface area (Å²) in [7, 11) is 0. The van der Waals surface area contributed by atoms with Crippen LogP contribution in [-0.2, 0) is 4.79 Å². The van der Waals surface area contributed by atoms with Gasteiger partial charge in [0.2, 0.25) is 0 Å². The molecule has 20 heavy (non-hydrogen) atoms. The van der Waals surface area contributed by atoms with Gasteiger partial charge in [-0.15, -0.1) is 0 Å². The van der Waals surface area contributed by atoms with Gasteiger partial charge in [0.05, 0.1) is 0 Å². The minimum absolute atomic E-state index is 0.239. The van der Waals surface area contributed by atoms with E-state index >= 15 is 0 Å². The Balaban J connectivity index is 2.45. The van der Waals surface area contributed by atoms with E-state index in [-0.39, 0.29) is 13.0 Å². The molecule has 5 nitrogen and oxygen atoms in total. The van der Waals surface area contributed by atoms with Gasteiger partial charge in [0.15, 0.2) is 0 Å². The highest BCUT2D eigenvalue weighted by molar-refractivity contribution is 6.00. The van der Waals surface area contributed by atoms with E-state index in [1.807, 2.05) is 0 Å². The fraction of sp³-hybridized carbons (Fsp3) is 0.429. The lowest BCUT2D eigenvalue weighted by molar-refractivity contribution is -0.148. The van der Waals surface area contributed by atoms with Crippen molar-refractivity contribution in [3.63, 3.8) is 0 Å². The van der Waals surface area contributed by atoms with Gasteiger partial charge in [-0.1, -0.05) is 13.0 Å². The van der Waals surface area contributed by atoms with Crippen LogP contribution in [0.2, 0.25) is 0 Å². The monoisotopic (exact) mass is 281 g/mol. The second-order valence-corrected chi connectivity index (χ2v) is 4.88. The lowest BCUT2D eigenvalue weighted by atomic mass is 9.92. The van der Waals surface area contributed by atoms with Crippen molar-refractivity contribution in [2.45, 2.75) is 31.7 Å². The minimum Gasteiger partial charge on any atom is -0.507 e. The predicted octanol–water partition coefficient (Wildman–Crippen LogP) is 2.00. The molecular weight excluding hydrogens is 265 g/mol. The molecule has 1 heterocycles. The van der Waals surface area contributed by atoms with Gasteiger partial charge < -0.3 is 15.1 Å². The number of phenolic OH excluding ortho intramolecular Hbond substituents is 1. The molecule has 2 N–H and O–H groups in total. The summed E-state index contributed by atoms with van der Waals surface area (Å²) in [5.41, 5.74) is -1.78. The SMILES string of the molecule is CCC1(C(=O)O)CCCN1C(=O)c1c(O)cccc1F. The Kier molecular flexibility index (Phi) is 3.65. The van der Waals surface area contributed by atoms with Crippen LogP contribution in [0.5, 0.6) is 5.75 Å². The van der Waals surface area contributed by atoms with Crippen molar-refractivity contribution in [1.82, 2.24) is 4.90 Å². The minimum atomic E-state index is -1.31. The highest BCUT2D eigenvalue weighted by Gasteiger charge is 2.49. The first-order chi connectivity index (χ1) is 9.44. The number of amides is 1. The third kappa shape index (κ3) is 2.01. The molecule has 2 rings (SSSR count). The Morgan fingerprint density at radius 3 is 2.70 bits per heavy atom. The Labute approximate surface area is 115 Å². The lowest BCUT2D eigenvalue weighted by Gasteiger charge is -2.34. The van der Waals surface area contributed by atoms with E-state index in [2.05, 4.69) is 0 Å². The molecule has 1 atom stereocenters. The predicted molar refractivity (Wildman–Crippen MR) is 69.0 cm³/mol. The van der Waals surface area contributed by atoms with Crippen molar-refractivity contribution in [2.24, 2.45) is 0 Å². The van der Waals surface area contributed by atoms with Gasteiger partial charge in [0, 0.05) is 6.54 Å². The molecular formula is C14H16FNO4. The average Bonchev–Trinajstić information content (AvgIpc) is 2.83. The summed E-state index contributed by atoms with van der Waals surface area (Å²) in [6.07, 6.45) is 1.12. The third-order valence-electron chi connectivity index (χ3n) is 3.92. The molecule has 0 aromatic heterocycles. The van der Waals surface area contributed by atoms with E-state index in [1.54, 1.807) is 6.92 Å². The van der Waals surface area contributed by atoms with Crippen molar-refractivity contribution in [3.05, 3.63) is 29.6 Å². The molecule has 6 heteroatoms. The molecule has 0 bridgehead atoms. The first-order valence-corrected chi connectivity index (χ1v) is 6.47. The number of rotatable bonds is 3. The smallest absolute Gasteiger partial charge is 0.329 e. The highest BCUT2D eigenvalue weighted by atomic mass is 19.1. The number of carbonyl (C=O) groups is 2. The van der Waals surface area contributed by atoms with Gasteiger partial charge in [-0.3, -0.25) is 4.79 Å². The van der Waals surface area contributed by atoms with E-state index in [4.69, 9.17) is 0 Å². The number of carbonyl (C=O) groups excluding carboxylic acids is 1. The largest absolute Gasteiger partial charge is 0.507 e. The maximum absolute atomic E-state index is 13.8. The number of aromatic hydroxyl groups is 1. The Bertz CT molecular complexity index is 540. The van der Waals surface area contributed by atoms with Crippen LogP contribution in [-0.4, -0.2) is 39.1 Å². The fourth-order valence-electron chi connectivity index (χ4n) is 2.78. The number of nitrogens with zero attached hydrogens (tertiary/aromatic N) is 1. The van der Waals surface area contributed by atoms with Crippen LogP contribution in [0.3, 0.4) is 0 Å². The van der Waals surface area contributed by atoms with Crippen LogP contribution in [0.4, 0.5) is 4.39 Å². The quantitative estimate of drug-likeness (QED) is 0.888. The van der Waals surface area contributed by atoms with E-state index in [1.165, 1.54) is 12.1 Å². The number of carboxylic acid groups (broad SMARTS) is 1. The molecule has 0 radical (unpaired) electrons. The van der Waals surface area contributed by atoms with E-state index in [0.717, 1.165) is 11.0 Å². The summed E-state index contributed by atoms with van der Waals surface area (Å²) in [6.45, 7) is 1.92. The number of likely N-dealkylation sites (tertiary alicyclic amines) is 1. The van der Waals surface area contributed by atoms with Gasteiger partial charge in [0.1, 0.15) is 22.7 Å². The van der Waals surface area contributed by atoms with Crippen molar-refractivity contribution in [3.8, 4) is 5.75 Å². The first kappa shape index (κ1) is 14.3. The number of aliphatic carboxylic acids is 1. The molecule has 1 fully saturated rings. The van der Waals surface area contributed by atoms with Gasteiger partial charge in [-0.25, -0.2) is 9.18 Å². The lowest BCUT2D eigenvalue weighted by Crippen LogP contribution is -2.52. The molecule has 1 aliphatic heterocycles. The summed E-state index contributed by atoms with van der Waals surface area (Å²) in [5, 5.41) is 19.1. The van der Waals surface area contributed by atoms with Gasteiger partial charge in [-0.05, 0) is 31.4 Å². The summed E-state index contributed by atoms with van der Waals surface area (Å²) in [6, 6.07) is 3.56. The Hall–Kier alpha value is -2.11. The molecule has 1 amide bonds. The van der Waals surface area contributed by atoms with Crippen molar-refractivity contribution in [2.75, 3.05) is 6.54 Å². The Morgan fingerprint density at radius 2 is 2.15 bits per heavy atom. The van der Waals surface area contributed by atoms with Crippen LogP contribution in [0.1, 0.15) is 36.5 Å². The molecule has 1 aromatic rings. The second kappa shape index (κ2) is 5.11. The van der Waals surface area contributed by atoms with Crippen LogP contribution < -0.4 is 0 Å². The van der Waals surface area contributed by atoms with Gasteiger partial charge >= 0.3 is 5.97 Å². The Morgan fingerprint density at radius 1 is 1.45 bits per heavy atom. The molecule has 1 unspecified atom stereocenters. The zero-order valence-electron chi connectivity index (χ0n) is 11.1. The maximum atomic E-state index is 13.8. The third-order valence-corrected chi connectivity index (χ3v) is 3.92. The normalized spacial score (nSPS) is 22.0. The number of halogens is 1. The molecule has 0 saturated carbocycles. The highest BCUT2D eigenvalue weighted by Crippen LogP contribution is 2.35. The van der Waals surface area contributed by atoms with Crippen LogP contribution in [0, 0.1) is 5.82 Å². The fourth-order valence-corrected chi connectivity index (χ4v) is 2.78. The number of benzene rings is 1. The average molecular weight is 281 g/mol. The molecule has 1 aromatic carbocycles. The van der Waals surface area contributed by atoms with Crippen molar-refractivity contribution < 1.29 is 24.2 Å². The van der Waals surface area contributed by atoms with Crippen LogP contribution in [0.25, 0.3) is 0 Å². The van der Waals surface area contributed by atoms with Gasteiger partial charge in [0.25, 0.3) is 5.91 Å². The topological polar surface area (TPSA) is 77.8 Å². The van der Waals surface area contributed by atoms with Crippen LogP contribution in [0.15, 0.2) is 18.2 Å². The second-order valence-electron chi connectivity index (χ2n) is 4.88. The zero-order chi connectivity index (χ0) is 14.9. The maximum Gasteiger partial charge on any atom is 0.329 e. The van der Waals surface area contributed by atoms with E-state index < -0.39 is 34.5 Å². The summed E-state index contributed by atoms with van der Waals surface area (Å²) in [5.74, 6) is -3.20. The molecule has 108 valence electrons. The molecule has 0 aliphatic carbocycles. The van der Waals surface area contributed by atoms with Gasteiger partial charge in [-0.2, -0.15) is 0 Å². The number of hydrogen-bond acceptors (Lipinski definition) is 3.